The van der Waals surface area contributed by atoms with Crippen molar-refractivity contribution in [3.05, 3.63) is 11.9 Å². The summed E-state index contributed by atoms with van der Waals surface area (Å²) in [5.74, 6) is 0.966. The van der Waals surface area contributed by atoms with E-state index in [0.717, 1.165) is 21.7 Å². The van der Waals surface area contributed by atoms with Crippen LogP contribution in [0.5, 0.6) is 0 Å². The van der Waals surface area contributed by atoms with Crippen molar-refractivity contribution in [3.8, 4) is 0 Å². The lowest BCUT2D eigenvalue weighted by molar-refractivity contribution is 0.189. The van der Waals surface area contributed by atoms with E-state index in [9.17, 15) is 0 Å². The van der Waals surface area contributed by atoms with Crippen LogP contribution < -0.4 is 5.32 Å². The summed E-state index contributed by atoms with van der Waals surface area (Å²) in [5.41, 5.74) is 1.19. The predicted octanol–water partition coefficient (Wildman–Crippen LogP) is 4.15. The van der Waals surface area contributed by atoms with E-state index in [1.165, 1.54) is 58.2 Å². The van der Waals surface area contributed by atoms with Crippen molar-refractivity contribution in [2.24, 2.45) is 5.92 Å². The number of rotatable bonds is 4. The Balaban J connectivity index is 1.30. The fourth-order valence-electron chi connectivity index (χ4n) is 4.11. The van der Waals surface area contributed by atoms with E-state index in [1.54, 1.807) is 11.3 Å². The molecule has 3 heterocycles. The Kier molecular flexibility index (Phi) is 4.75. The quantitative estimate of drug-likeness (QED) is 0.888. The molecule has 0 unspecified atom stereocenters. The number of fused-ring (bicyclic) bond motifs is 1. The molecule has 1 saturated heterocycles. The zero-order chi connectivity index (χ0) is 17.4. The Morgan fingerprint density at radius 2 is 1.88 bits per heavy atom. The van der Waals surface area contributed by atoms with Crippen LogP contribution in [0.4, 0.5) is 5.13 Å². The van der Waals surface area contributed by atoms with Crippen LogP contribution in [0.25, 0.3) is 4.96 Å². The van der Waals surface area contributed by atoms with E-state index in [4.69, 9.17) is 10.1 Å². The van der Waals surface area contributed by atoms with Gasteiger partial charge < -0.3 is 10.2 Å². The molecule has 2 aromatic rings. The molecule has 2 aliphatic rings. The molecule has 1 aliphatic carbocycles. The maximum absolute atomic E-state index is 4.74. The van der Waals surface area contributed by atoms with Crippen LogP contribution in [0, 0.1) is 5.92 Å². The zero-order valence-electron chi connectivity index (χ0n) is 15.8. The monoisotopic (exact) mass is 361 g/mol. The van der Waals surface area contributed by atoms with Crippen LogP contribution in [-0.4, -0.2) is 45.2 Å². The molecule has 2 aromatic heterocycles. The second-order valence-corrected chi connectivity index (χ2v) is 9.84. The van der Waals surface area contributed by atoms with E-state index >= 15 is 0 Å². The third kappa shape index (κ3) is 4.00. The van der Waals surface area contributed by atoms with Crippen LogP contribution in [0.15, 0.2) is 6.20 Å². The van der Waals surface area contributed by atoms with Gasteiger partial charge in [-0.05, 0) is 31.6 Å². The first kappa shape index (κ1) is 17.3. The highest BCUT2D eigenvalue weighted by Crippen LogP contribution is 2.28. The van der Waals surface area contributed by atoms with Gasteiger partial charge in [0.05, 0.1) is 11.9 Å². The van der Waals surface area contributed by atoms with Gasteiger partial charge in [-0.3, -0.25) is 0 Å². The summed E-state index contributed by atoms with van der Waals surface area (Å²) >= 11 is 1.67. The molecule has 0 bridgehead atoms. The van der Waals surface area contributed by atoms with Gasteiger partial charge in [0.25, 0.3) is 0 Å². The lowest BCUT2D eigenvalue weighted by Gasteiger charge is -2.33. The average Bonchev–Trinajstić information content (AvgIpc) is 3.24. The first-order valence-electron chi connectivity index (χ1n) is 9.83. The van der Waals surface area contributed by atoms with Gasteiger partial charge in [0, 0.05) is 31.1 Å². The van der Waals surface area contributed by atoms with Gasteiger partial charge in [0.2, 0.25) is 10.1 Å². The Morgan fingerprint density at radius 1 is 1.16 bits per heavy atom. The van der Waals surface area contributed by atoms with Crippen LogP contribution in [0.3, 0.4) is 0 Å². The molecule has 0 aromatic carbocycles. The summed E-state index contributed by atoms with van der Waals surface area (Å²) in [6, 6.07) is 0.553. The topological polar surface area (TPSA) is 45.5 Å². The highest BCUT2D eigenvalue weighted by Gasteiger charge is 2.24. The minimum Gasteiger partial charge on any atom is -0.357 e. The summed E-state index contributed by atoms with van der Waals surface area (Å²) in [4.78, 5) is 8.41. The molecule has 1 saturated carbocycles. The largest absolute Gasteiger partial charge is 0.357 e. The van der Waals surface area contributed by atoms with Crippen molar-refractivity contribution in [2.45, 2.75) is 70.8 Å². The highest BCUT2D eigenvalue weighted by molar-refractivity contribution is 7.20. The first-order valence-corrected chi connectivity index (χ1v) is 10.6. The standard InChI is InChI=1S/C19H31N5S/c1-19(2,3)16-13-24-18(21-16)25-17(22-24)20-15-8-10-23(11-9-15)12-14-6-4-5-7-14/h13-15H,4-12H2,1-3H3,(H,20,22). The number of likely N-dealkylation sites (tertiary alicyclic amines) is 1. The number of nitrogens with one attached hydrogen (secondary N) is 1. The van der Waals surface area contributed by atoms with Crippen LogP contribution in [0.1, 0.15) is 65.0 Å². The molecule has 0 radical (unpaired) electrons. The number of piperidine rings is 1. The minimum atomic E-state index is 0.0765. The molecule has 138 valence electrons. The van der Waals surface area contributed by atoms with Gasteiger partial charge in [-0.2, -0.15) is 0 Å². The van der Waals surface area contributed by atoms with Gasteiger partial charge in [0.15, 0.2) is 0 Å². The molecule has 6 heteroatoms. The maximum Gasteiger partial charge on any atom is 0.214 e. The molecule has 4 rings (SSSR count). The fraction of sp³-hybridized carbons (Fsp3) is 0.789. The zero-order valence-corrected chi connectivity index (χ0v) is 16.6. The average molecular weight is 362 g/mol. The van der Waals surface area contributed by atoms with Gasteiger partial charge in [-0.1, -0.05) is 44.9 Å². The summed E-state index contributed by atoms with van der Waals surface area (Å²) in [5, 5.41) is 9.35. The molecular formula is C19H31N5S. The smallest absolute Gasteiger partial charge is 0.214 e. The number of hydrogen-bond donors (Lipinski definition) is 1. The number of imidazole rings is 1. The number of nitrogens with zero attached hydrogens (tertiary/aromatic N) is 4. The van der Waals surface area contributed by atoms with Crippen molar-refractivity contribution in [2.75, 3.05) is 25.0 Å². The Morgan fingerprint density at radius 3 is 2.52 bits per heavy atom. The van der Waals surface area contributed by atoms with Gasteiger partial charge >= 0.3 is 0 Å². The number of aromatic nitrogens is 3. The van der Waals surface area contributed by atoms with E-state index in [2.05, 4.69) is 37.2 Å². The highest BCUT2D eigenvalue weighted by atomic mass is 32.1. The Labute approximate surface area is 154 Å². The van der Waals surface area contributed by atoms with E-state index in [-0.39, 0.29) is 5.41 Å². The van der Waals surface area contributed by atoms with Crippen molar-refractivity contribution < 1.29 is 0 Å². The van der Waals surface area contributed by atoms with Gasteiger partial charge in [-0.25, -0.2) is 9.50 Å². The Bertz CT molecular complexity index is 668. The minimum absolute atomic E-state index is 0.0765. The number of anilines is 1. The predicted molar refractivity (Wildman–Crippen MR) is 105 cm³/mol. The van der Waals surface area contributed by atoms with E-state index in [1.807, 2.05) is 4.52 Å². The van der Waals surface area contributed by atoms with Crippen molar-refractivity contribution in [1.82, 2.24) is 19.5 Å². The number of hydrogen-bond acceptors (Lipinski definition) is 5. The van der Waals surface area contributed by atoms with Crippen molar-refractivity contribution in [3.63, 3.8) is 0 Å². The van der Waals surface area contributed by atoms with Crippen LogP contribution >= 0.6 is 11.3 Å². The van der Waals surface area contributed by atoms with Gasteiger partial charge in [-0.15, -0.1) is 5.10 Å². The lowest BCUT2D eigenvalue weighted by Crippen LogP contribution is -2.41. The molecular weight excluding hydrogens is 330 g/mol. The molecule has 25 heavy (non-hydrogen) atoms. The van der Waals surface area contributed by atoms with Crippen LogP contribution in [-0.2, 0) is 5.41 Å². The third-order valence-corrected chi connectivity index (χ3v) is 6.57. The first-order chi connectivity index (χ1) is 12.0. The second kappa shape index (κ2) is 6.88. The Hall–Kier alpha value is -1.14. The maximum atomic E-state index is 4.74. The SMILES string of the molecule is CC(C)(C)c1cn2nc(NC3CCN(CC4CCCC4)CC3)sc2n1. The summed E-state index contributed by atoms with van der Waals surface area (Å²) in [7, 11) is 0. The van der Waals surface area contributed by atoms with E-state index in [0.29, 0.717) is 6.04 Å². The summed E-state index contributed by atoms with van der Waals surface area (Å²) < 4.78 is 1.93. The summed E-state index contributed by atoms with van der Waals surface area (Å²) in [6.45, 7) is 10.4. The normalized spacial score (nSPS) is 21.4. The van der Waals surface area contributed by atoms with Crippen molar-refractivity contribution >= 4 is 21.4 Å². The third-order valence-electron chi connectivity index (χ3n) is 5.72. The second-order valence-electron chi connectivity index (χ2n) is 8.88. The molecule has 0 amide bonds. The fourth-order valence-corrected chi connectivity index (χ4v) is 4.97. The summed E-state index contributed by atoms with van der Waals surface area (Å²) in [6.07, 6.45) is 10.3. The van der Waals surface area contributed by atoms with Crippen molar-refractivity contribution in [1.29, 1.82) is 0 Å². The molecule has 2 fully saturated rings. The lowest BCUT2D eigenvalue weighted by atomic mass is 9.93. The molecule has 0 spiro atoms. The molecule has 1 N–H and O–H groups in total. The van der Waals surface area contributed by atoms with Gasteiger partial charge in [0.1, 0.15) is 0 Å². The molecule has 0 atom stereocenters. The molecule has 1 aliphatic heterocycles. The molecule has 5 nitrogen and oxygen atoms in total. The van der Waals surface area contributed by atoms with E-state index < -0.39 is 0 Å². The van der Waals surface area contributed by atoms with Crippen LogP contribution in [0.2, 0.25) is 0 Å².